The molecule has 5 nitrogen and oxygen atoms in total. The van der Waals surface area contributed by atoms with E-state index < -0.39 is 0 Å². The molecule has 0 spiro atoms. The van der Waals surface area contributed by atoms with Crippen LogP contribution in [0.4, 0.5) is 0 Å². The van der Waals surface area contributed by atoms with Gasteiger partial charge in [-0.2, -0.15) is 0 Å². The highest BCUT2D eigenvalue weighted by molar-refractivity contribution is 5.76. The molecule has 0 aromatic carbocycles. The Morgan fingerprint density at radius 3 is 2.86 bits per heavy atom. The van der Waals surface area contributed by atoms with Crippen LogP contribution in [0, 0.1) is 5.41 Å². The molecule has 1 aliphatic rings. The van der Waals surface area contributed by atoms with Crippen LogP contribution in [0.15, 0.2) is 18.3 Å². The first-order chi connectivity index (χ1) is 10.0. The zero-order chi connectivity index (χ0) is 15.3. The van der Waals surface area contributed by atoms with E-state index in [4.69, 9.17) is 10.5 Å². The maximum atomic E-state index is 12.1. The topological polar surface area (TPSA) is 77.2 Å². The number of rotatable bonds is 7. The van der Waals surface area contributed by atoms with Crippen molar-refractivity contribution in [2.45, 2.75) is 52.2 Å². The van der Waals surface area contributed by atoms with Gasteiger partial charge in [0, 0.05) is 24.7 Å². The number of pyridine rings is 1. The van der Waals surface area contributed by atoms with Gasteiger partial charge in [-0.05, 0) is 44.7 Å². The molecule has 1 amide bonds. The Hall–Kier alpha value is -1.62. The summed E-state index contributed by atoms with van der Waals surface area (Å²) in [4.78, 5) is 16.3. The maximum absolute atomic E-state index is 12.1. The van der Waals surface area contributed by atoms with Crippen molar-refractivity contribution >= 4 is 5.91 Å². The fourth-order valence-electron chi connectivity index (χ4n) is 2.61. The number of nitrogens with two attached hydrogens (primary N) is 1. The van der Waals surface area contributed by atoms with E-state index in [1.807, 2.05) is 26.0 Å². The summed E-state index contributed by atoms with van der Waals surface area (Å²) in [5, 5.41) is 2.96. The summed E-state index contributed by atoms with van der Waals surface area (Å²) in [7, 11) is 0. The number of aromatic nitrogens is 1. The van der Waals surface area contributed by atoms with Crippen LogP contribution >= 0.6 is 0 Å². The van der Waals surface area contributed by atoms with Gasteiger partial charge >= 0.3 is 0 Å². The summed E-state index contributed by atoms with van der Waals surface area (Å²) in [5.74, 6) is 0.643. The smallest absolute Gasteiger partial charge is 0.220 e. The average molecular weight is 291 g/mol. The highest BCUT2D eigenvalue weighted by Crippen LogP contribution is 2.42. The zero-order valence-electron chi connectivity index (χ0n) is 12.9. The first-order valence-electron chi connectivity index (χ1n) is 7.62. The molecule has 1 aliphatic carbocycles. The summed E-state index contributed by atoms with van der Waals surface area (Å²) >= 11 is 0. The van der Waals surface area contributed by atoms with E-state index in [0.29, 0.717) is 25.4 Å². The number of nitrogens with one attached hydrogen (secondary N) is 1. The van der Waals surface area contributed by atoms with E-state index >= 15 is 0 Å². The highest BCUT2D eigenvalue weighted by Gasteiger charge is 2.37. The standard InChI is InChI=1S/C16H25N3O2/c1-12(2)21-15-13(5-3-8-18-15)10-19-14(20)9-16(11-17)6-4-7-16/h3,5,8,12H,4,6-7,9-11,17H2,1-2H3,(H,19,20). The molecule has 1 aromatic heterocycles. The number of nitrogens with zero attached hydrogens (tertiary/aromatic N) is 1. The van der Waals surface area contributed by atoms with Crippen LogP contribution in [0.1, 0.15) is 45.1 Å². The Morgan fingerprint density at radius 1 is 1.52 bits per heavy atom. The molecule has 1 saturated carbocycles. The van der Waals surface area contributed by atoms with Gasteiger partial charge in [0.05, 0.1) is 6.10 Å². The van der Waals surface area contributed by atoms with Gasteiger partial charge in [-0.3, -0.25) is 4.79 Å². The van der Waals surface area contributed by atoms with Crippen LogP contribution < -0.4 is 15.8 Å². The van der Waals surface area contributed by atoms with Crippen molar-refractivity contribution in [3.63, 3.8) is 0 Å². The Bertz CT molecular complexity index is 479. The molecule has 3 N–H and O–H groups in total. The SMILES string of the molecule is CC(C)Oc1ncccc1CNC(=O)CC1(CN)CCC1. The number of carbonyl (C=O) groups excluding carboxylic acids is 1. The molecule has 1 aromatic rings. The summed E-state index contributed by atoms with van der Waals surface area (Å²) in [6.45, 7) is 4.95. The van der Waals surface area contributed by atoms with Gasteiger partial charge in [0.25, 0.3) is 0 Å². The largest absolute Gasteiger partial charge is 0.475 e. The minimum Gasteiger partial charge on any atom is -0.475 e. The van der Waals surface area contributed by atoms with E-state index in [-0.39, 0.29) is 17.4 Å². The van der Waals surface area contributed by atoms with E-state index in [2.05, 4.69) is 10.3 Å². The van der Waals surface area contributed by atoms with Crippen LogP contribution in [-0.2, 0) is 11.3 Å². The first-order valence-corrected chi connectivity index (χ1v) is 7.62. The van der Waals surface area contributed by atoms with Crippen molar-refractivity contribution in [2.75, 3.05) is 6.54 Å². The van der Waals surface area contributed by atoms with Gasteiger partial charge in [-0.15, -0.1) is 0 Å². The minimum atomic E-state index is 0.0380. The second-order valence-electron chi connectivity index (χ2n) is 6.15. The van der Waals surface area contributed by atoms with Crippen molar-refractivity contribution in [1.29, 1.82) is 0 Å². The lowest BCUT2D eigenvalue weighted by Crippen LogP contribution is -2.41. The molecule has 0 bridgehead atoms. The maximum Gasteiger partial charge on any atom is 0.220 e. The van der Waals surface area contributed by atoms with Crippen LogP contribution in [0.3, 0.4) is 0 Å². The highest BCUT2D eigenvalue weighted by atomic mass is 16.5. The Morgan fingerprint density at radius 2 is 2.29 bits per heavy atom. The second kappa shape index (κ2) is 6.89. The molecule has 5 heteroatoms. The lowest BCUT2D eigenvalue weighted by atomic mass is 9.66. The van der Waals surface area contributed by atoms with Gasteiger partial charge in [-0.25, -0.2) is 4.98 Å². The minimum absolute atomic E-state index is 0.0380. The molecule has 2 rings (SSSR count). The normalized spacial score (nSPS) is 16.4. The molecule has 1 fully saturated rings. The Kier molecular flexibility index (Phi) is 5.17. The van der Waals surface area contributed by atoms with Crippen LogP contribution in [0.25, 0.3) is 0 Å². The van der Waals surface area contributed by atoms with Crippen molar-refractivity contribution in [3.8, 4) is 5.88 Å². The summed E-state index contributed by atoms with van der Waals surface area (Å²) in [5.41, 5.74) is 6.73. The number of ether oxygens (including phenoxy) is 1. The lowest BCUT2D eigenvalue weighted by molar-refractivity contribution is -0.124. The van der Waals surface area contributed by atoms with E-state index in [0.717, 1.165) is 18.4 Å². The number of amides is 1. The summed E-state index contributed by atoms with van der Waals surface area (Å²) in [6, 6.07) is 3.77. The summed E-state index contributed by atoms with van der Waals surface area (Å²) in [6.07, 6.45) is 5.58. The van der Waals surface area contributed by atoms with Crippen LogP contribution in [0.5, 0.6) is 5.88 Å². The number of hydrogen-bond acceptors (Lipinski definition) is 4. The molecule has 0 unspecified atom stereocenters. The van der Waals surface area contributed by atoms with Crippen LogP contribution in [-0.4, -0.2) is 23.5 Å². The third kappa shape index (κ3) is 4.17. The Balaban J connectivity index is 1.89. The molecule has 0 aliphatic heterocycles. The predicted octanol–water partition coefficient (Wildman–Crippen LogP) is 2.00. The molecule has 116 valence electrons. The third-order valence-electron chi connectivity index (χ3n) is 4.06. The molecule has 0 saturated heterocycles. The van der Waals surface area contributed by atoms with Crippen molar-refractivity contribution < 1.29 is 9.53 Å². The van der Waals surface area contributed by atoms with Gasteiger partial charge in [0.2, 0.25) is 11.8 Å². The van der Waals surface area contributed by atoms with Crippen molar-refractivity contribution in [3.05, 3.63) is 23.9 Å². The predicted molar refractivity (Wildman–Crippen MR) is 81.8 cm³/mol. The van der Waals surface area contributed by atoms with E-state index in [1.165, 1.54) is 6.42 Å². The zero-order valence-corrected chi connectivity index (χ0v) is 12.9. The summed E-state index contributed by atoms with van der Waals surface area (Å²) < 4.78 is 5.65. The monoisotopic (exact) mass is 291 g/mol. The molecule has 0 radical (unpaired) electrons. The molecular formula is C16H25N3O2. The first kappa shape index (κ1) is 15.8. The fourth-order valence-corrected chi connectivity index (χ4v) is 2.61. The molecule has 21 heavy (non-hydrogen) atoms. The van der Waals surface area contributed by atoms with E-state index in [1.54, 1.807) is 6.20 Å². The Labute approximate surface area is 126 Å². The van der Waals surface area contributed by atoms with Crippen molar-refractivity contribution in [2.24, 2.45) is 11.1 Å². The number of carbonyl (C=O) groups is 1. The third-order valence-corrected chi connectivity index (χ3v) is 4.06. The second-order valence-corrected chi connectivity index (χ2v) is 6.15. The fraction of sp³-hybridized carbons (Fsp3) is 0.625. The van der Waals surface area contributed by atoms with Gasteiger partial charge < -0.3 is 15.8 Å². The lowest BCUT2D eigenvalue weighted by Gasteiger charge is -2.40. The number of hydrogen-bond donors (Lipinski definition) is 2. The van der Waals surface area contributed by atoms with Crippen LogP contribution in [0.2, 0.25) is 0 Å². The molecule has 1 heterocycles. The van der Waals surface area contributed by atoms with E-state index in [9.17, 15) is 4.79 Å². The van der Waals surface area contributed by atoms with Gasteiger partial charge in [0.1, 0.15) is 0 Å². The molecular weight excluding hydrogens is 266 g/mol. The molecule has 0 atom stereocenters. The average Bonchev–Trinajstić information content (AvgIpc) is 2.41. The quantitative estimate of drug-likeness (QED) is 0.805. The van der Waals surface area contributed by atoms with Gasteiger partial charge in [0.15, 0.2) is 0 Å². The van der Waals surface area contributed by atoms with Crippen molar-refractivity contribution in [1.82, 2.24) is 10.3 Å². The van der Waals surface area contributed by atoms with Gasteiger partial charge in [-0.1, -0.05) is 12.5 Å².